The van der Waals surface area contributed by atoms with Crippen LogP contribution in [0.3, 0.4) is 0 Å². The number of anilines is 2. The third-order valence-electron chi connectivity index (χ3n) is 5.81. The maximum absolute atomic E-state index is 12.8. The van der Waals surface area contributed by atoms with Crippen LogP contribution in [0.5, 0.6) is 0 Å². The van der Waals surface area contributed by atoms with E-state index >= 15 is 0 Å². The van der Waals surface area contributed by atoms with Crippen molar-refractivity contribution in [2.45, 2.75) is 38.1 Å². The zero-order chi connectivity index (χ0) is 17.9. The topological polar surface area (TPSA) is 61.9 Å². The Balaban J connectivity index is 1.43. The van der Waals surface area contributed by atoms with Gasteiger partial charge in [-0.15, -0.1) is 0 Å². The Bertz CT molecular complexity index is 666. The number of para-hydroxylation sites is 2. The molecule has 0 bridgehead atoms. The highest BCUT2D eigenvalue weighted by molar-refractivity contribution is 5.99. The average molecular weight is 357 g/mol. The van der Waals surface area contributed by atoms with E-state index in [4.69, 9.17) is 4.74 Å². The van der Waals surface area contributed by atoms with Crippen LogP contribution in [0, 0.1) is 5.92 Å². The largest absolute Gasteiger partial charge is 0.378 e. The van der Waals surface area contributed by atoms with Gasteiger partial charge >= 0.3 is 0 Å². The van der Waals surface area contributed by atoms with Gasteiger partial charge in [0, 0.05) is 32.1 Å². The molecule has 26 heavy (non-hydrogen) atoms. The Morgan fingerprint density at radius 3 is 2.62 bits per heavy atom. The predicted molar refractivity (Wildman–Crippen MR) is 100 cm³/mol. The number of nitrogens with zero attached hydrogens (tertiary/aromatic N) is 2. The third kappa shape index (κ3) is 3.56. The van der Waals surface area contributed by atoms with Crippen LogP contribution in [0.1, 0.15) is 32.1 Å². The summed E-state index contributed by atoms with van der Waals surface area (Å²) in [5.41, 5.74) is 1.85. The molecule has 1 N–H and O–H groups in total. The van der Waals surface area contributed by atoms with Crippen molar-refractivity contribution in [2.24, 2.45) is 5.92 Å². The number of benzene rings is 1. The average Bonchev–Trinajstić information content (AvgIpc) is 3.32. The van der Waals surface area contributed by atoms with Gasteiger partial charge in [0.25, 0.3) is 0 Å². The molecule has 0 aromatic heterocycles. The van der Waals surface area contributed by atoms with Crippen LogP contribution in [-0.2, 0) is 14.3 Å². The number of ether oxygens (including phenoxy) is 1. The molecule has 4 rings (SSSR count). The number of hydrogen-bond acceptors (Lipinski definition) is 4. The summed E-state index contributed by atoms with van der Waals surface area (Å²) in [6.07, 6.45) is 4.89. The van der Waals surface area contributed by atoms with Crippen molar-refractivity contribution in [1.82, 2.24) is 4.90 Å². The van der Waals surface area contributed by atoms with Gasteiger partial charge in [0.1, 0.15) is 0 Å². The second-order valence-corrected chi connectivity index (χ2v) is 7.49. The molecule has 0 unspecified atom stereocenters. The Labute approximate surface area is 154 Å². The smallest absolute Gasteiger partial charge is 0.229 e. The Morgan fingerprint density at radius 1 is 1.12 bits per heavy atom. The second-order valence-electron chi connectivity index (χ2n) is 7.49. The first-order chi connectivity index (χ1) is 12.7. The molecule has 6 heteroatoms. The van der Waals surface area contributed by atoms with Gasteiger partial charge in [-0.3, -0.25) is 9.59 Å². The monoisotopic (exact) mass is 357 g/mol. The molecule has 0 spiro atoms. The van der Waals surface area contributed by atoms with Crippen LogP contribution in [0.4, 0.5) is 11.4 Å². The van der Waals surface area contributed by atoms with Gasteiger partial charge in [-0.25, -0.2) is 0 Å². The summed E-state index contributed by atoms with van der Waals surface area (Å²) < 4.78 is 5.42. The summed E-state index contributed by atoms with van der Waals surface area (Å²) in [6.45, 7) is 3.62. The van der Waals surface area contributed by atoms with Crippen LogP contribution in [-0.4, -0.2) is 55.6 Å². The summed E-state index contributed by atoms with van der Waals surface area (Å²) in [6, 6.07) is 8.24. The molecule has 3 fully saturated rings. The van der Waals surface area contributed by atoms with Crippen LogP contribution in [0.25, 0.3) is 0 Å². The highest BCUT2D eigenvalue weighted by atomic mass is 16.5. The quantitative estimate of drug-likeness (QED) is 0.898. The first kappa shape index (κ1) is 17.3. The lowest BCUT2D eigenvalue weighted by molar-refractivity contribution is -0.129. The van der Waals surface area contributed by atoms with Crippen molar-refractivity contribution in [1.29, 1.82) is 0 Å². The first-order valence-corrected chi connectivity index (χ1v) is 9.74. The summed E-state index contributed by atoms with van der Waals surface area (Å²) >= 11 is 0. The molecule has 6 nitrogen and oxygen atoms in total. The van der Waals surface area contributed by atoms with E-state index in [9.17, 15) is 9.59 Å². The second kappa shape index (κ2) is 7.66. The normalized spacial score (nSPS) is 24.3. The van der Waals surface area contributed by atoms with E-state index in [1.54, 1.807) is 0 Å². The minimum absolute atomic E-state index is 0.0421. The molecule has 1 aromatic carbocycles. The van der Waals surface area contributed by atoms with E-state index in [-0.39, 0.29) is 17.7 Å². The van der Waals surface area contributed by atoms with Gasteiger partial charge in [-0.05, 0) is 25.0 Å². The van der Waals surface area contributed by atoms with Crippen molar-refractivity contribution in [3.8, 4) is 0 Å². The van der Waals surface area contributed by atoms with Gasteiger partial charge < -0.3 is 19.9 Å². The minimum atomic E-state index is -0.249. The molecular weight excluding hydrogens is 330 g/mol. The van der Waals surface area contributed by atoms with Crippen molar-refractivity contribution < 1.29 is 14.3 Å². The van der Waals surface area contributed by atoms with Crippen molar-refractivity contribution in [3.63, 3.8) is 0 Å². The number of carbonyl (C=O) groups is 2. The zero-order valence-corrected chi connectivity index (χ0v) is 15.2. The molecule has 140 valence electrons. The molecule has 1 aromatic rings. The number of amides is 2. The minimum Gasteiger partial charge on any atom is -0.378 e. The van der Waals surface area contributed by atoms with Gasteiger partial charge in [-0.1, -0.05) is 25.0 Å². The summed E-state index contributed by atoms with van der Waals surface area (Å²) in [4.78, 5) is 29.4. The lowest BCUT2D eigenvalue weighted by atomic mass is 10.1. The SMILES string of the molecule is O=C(Nc1ccccc1N1CCOCC1)[C@H]1CC(=O)N(C2CCCC2)C1. The lowest BCUT2D eigenvalue weighted by Crippen LogP contribution is -2.37. The van der Waals surface area contributed by atoms with Gasteiger partial charge in [-0.2, -0.15) is 0 Å². The van der Waals surface area contributed by atoms with E-state index in [1.165, 1.54) is 12.8 Å². The van der Waals surface area contributed by atoms with E-state index in [2.05, 4.69) is 10.2 Å². The number of morpholine rings is 1. The summed E-state index contributed by atoms with van der Waals surface area (Å²) in [5, 5.41) is 3.08. The number of nitrogens with one attached hydrogen (secondary N) is 1. The van der Waals surface area contributed by atoms with E-state index in [1.807, 2.05) is 29.2 Å². The molecule has 1 aliphatic carbocycles. The van der Waals surface area contributed by atoms with Crippen LogP contribution in [0.2, 0.25) is 0 Å². The Hall–Kier alpha value is -2.08. The maximum atomic E-state index is 12.8. The van der Waals surface area contributed by atoms with E-state index in [0.717, 1.165) is 37.3 Å². The standard InChI is InChI=1S/C20H27N3O3/c24-19-13-15(14-23(19)16-5-1-2-6-16)20(25)21-17-7-3-4-8-18(17)22-9-11-26-12-10-22/h3-4,7-8,15-16H,1-2,5-6,9-14H2,(H,21,25)/t15-/m0/s1. The fraction of sp³-hybridized carbons (Fsp3) is 0.600. The molecule has 2 heterocycles. The number of carbonyl (C=O) groups excluding carboxylic acids is 2. The van der Waals surface area contributed by atoms with Crippen LogP contribution >= 0.6 is 0 Å². The summed E-state index contributed by atoms with van der Waals surface area (Å²) in [5.74, 6) is -0.154. The van der Waals surface area contributed by atoms with Gasteiger partial charge in [0.05, 0.1) is 30.5 Å². The van der Waals surface area contributed by atoms with Crippen molar-refractivity contribution in [3.05, 3.63) is 24.3 Å². The maximum Gasteiger partial charge on any atom is 0.229 e. The first-order valence-electron chi connectivity index (χ1n) is 9.74. The highest BCUT2D eigenvalue weighted by Crippen LogP contribution is 2.31. The van der Waals surface area contributed by atoms with E-state index in [0.29, 0.717) is 32.2 Å². The fourth-order valence-electron chi connectivity index (χ4n) is 4.37. The van der Waals surface area contributed by atoms with Crippen molar-refractivity contribution in [2.75, 3.05) is 43.1 Å². The van der Waals surface area contributed by atoms with Gasteiger partial charge in [0.15, 0.2) is 0 Å². The molecule has 2 saturated heterocycles. The molecule has 1 saturated carbocycles. The molecule has 3 aliphatic rings. The molecule has 2 amide bonds. The predicted octanol–water partition coefficient (Wildman–Crippen LogP) is 2.25. The van der Waals surface area contributed by atoms with Crippen LogP contribution < -0.4 is 10.2 Å². The van der Waals surface area contributed by atoms with Crippen molar-refractivity contribution >= 4 is 23.2 Å². The Kier molecular flexibility index (Phi) is 5.11. The lowest BCUT2D eigenvalue weighted by Gasteiger charge is -2.30. The van der Waals surface area contributed by atoms with E-state index < -0.39 is 0 Å². The fourth-order valence-corrected chi connectivity index (χ4v) is 4.37. The Morgan fingerprint density at radius 2 is 1.85 bits per heavy atom. The molecule has 1 atom stereocenters. The van der Waals surface area contributed by atoms with Crippen LogP contribution in [0.15, 0.2) is 24.3 Å². The number of likely N-dealkylation sites (tertiary alicyclic amines) is 1. The van der Waals surface area contributed by atoms with Gasteiger partial charge in [0.2, 0.25) is 11.8 Å². The third-order valence-corrected chi connectivity index (χ3v) is 5.81. The summed E-state index contributed by atoms with van der Waals surface area (Å²) in [7, 11) is 0. The highest BCUT2D eigenvalue weighted by Gasteiger charge is 2.38. The number of hydrogen-bond donors (Lipinski definition) is 1. The number of rotatable bonds is 4. The molecular formula is C20H27N3O3. The molecule has 2 aliphatic heterocycles. The molecule has 0 radical (unpaired) electrons. The zero-order valence-electron chi connectivity index (χ0n) is 15.2.